The Morgan fingerprint density at radius 2 is 2.40 bits per heavy atom. The van der Waals surface area contributed by atoms with E-state index in [1.54, 1.807) is 5.57 Å². The molecule has 2 rings (SSSR count). The maximum absolute atomic E-state index is 2.42. The van der Waals surface area contributed by atoms with Crippen molar-refractivity contribution in [3.8, 4) is 0 Å². The van der Waals surface area contributed by atoms with Crippen LogP contribution >= 0.6 is 0 Å². The molecule has 0 spiro atoms. The minimum absolute atomic E-state index is 0.444. The number of allylic oxidation sites excluding steroid dienone is 4. The van der Waals surface area contributed by atoms with Crippen molar-refractivity contribution in [1.82, 2.24) is 0 Å². The van der Waals surface area contributed by atoms with Crippen LogP contribution in [0.4, 0.5) is 0 Å². The molecule has 2 aliphatic rings. The van der Waals surface area contributed by atoms with Crippen LogP contribution in [0.1, 0.15) is 26.7 Å². The molecule has 0 aromatic heterocycles. The molecular weight excluding hydrogens is 120 g/mol. The van der Waals surface area contributed by atoms with Gasteiger partial charge in [0.05, 0.1) is 0 Å². The highest BCUT2D eigenvalue weighted by Gasteiger charge is 2.37. The summed E-state index contributed by atoms with van der Waals surface area (Å²) in [4.78, 5) is 0. The molecule has 2 atom stereocenters. The summed E-state index contributed by atoms with van der Waals surface area (Å²) in [6.45, 7) is 4.71. The molecule has 0 aromatic rings. The van der Waals surface area contributed by atoms with E-state index in [1.807, 2.05) is 0 Å². The van der Waals surface area contributed by atoms with Crippen molar-refractivity contribution in [3.05, 3.63) is 23.8 Å². The third kappa shape index (κ3) is 0.570. The van der Waals surface area contributed by atoms with E-state index in [0.717, 1.165) is 5.92 Å². The third-order valence-corrected chi connectivity index (χ3v) is 3.24. The van der Waals surface area contributed by atoms with Gasteiger partial charge in [0, 0.05) is 5.41 Å². The van der Waals surface area contributed by atoms with Crippen LogP contribution < -0.4 is 0 Å². The standard InChI is InChI=1S/C10H14/c1-8-5-6-9-4-3-7-10(8,9)2/h3,6-8H,4-5H2,1-2H3/t8-,10-/m1/s1. The largest absolute Gasteiger partial charge is 0.0838 e. The summed E-state index contributed by atoms with van der Waals surface area (Å²) >= 11 is 0. The second kappa shape index (κ2) is 1.75. The Morgan fingerprint density at radius 1 is 1.60 bits per heavy atom. The maximum atomic E-state index is 2.42. The molecule has 0 saturated carbocycles. The van der Waals surface area contributed by atoms with E-state index in [0.29, 0.717) is 5.41 Å². The van der Waals surface area contributed by atoms with E-state index in [2.05, 4.69) is 32.1 Å². The highest BCUT2D eigenvalue weighted by molar-refractivity contribution is 5.34. The first-order valence-electron chi connectivity index (χ1n) is 4.11. The molecule has 0 N–H and O–H groups in total. The lowest BCUT2D eigenvalue weighted by Crippen LogP contribution is -2.17. The SMILES string of the molecule is C[C@@H]1CC=C2CC=C[C@@]21C. The average molecular weight is 134 g/mol. The summed E-state index contributed by atoms with van der Waals surface area (Å²) < 4.78 is 0. The molecule has 0 fully saturated rings. The number of fused-ring (bicyclic) bond motifs is 1. The van der Waals surface area contributed by atoms with Gasteiger partial charge in [-0.3, -0.25) is 0 Å². The Bertz CT molecular complexity index is 210. The van der Waals surface area contributed by atoms with Crippen LogP contribution in [0.15, 0.2) is 23.8 Å². The molecule has 0 bridgehead atoms. The average Bonchev–Trinajstić information content (AvgIpc) is 2.36. The predicted molar refractivity (Wildman–Crippen MR) is 43.7 cm³/mol. The van der Waals surface area contributed by atoms with Gasteiger partial charge in [-0.1, -0.05) is 37.6 Å². The van der Waals surface area contributed by atoms with Crippen molar-refractivity contribution < 1.29 is 0 Å². The molecule has 0 heteroatoms. The summed E-state index contributed by atoms with van der Waals surface area (Å²) in [6, 6.07) is 0. The van der Waals surface area contributed by atoms with E-state index >= 15 is 0 Å². The van der Waals surface area contributed by atoms with Crippen molar-refractivity contribution >= 4 is 0 Å². The minimum Gasteiger partial charge on any atom is -0.0838 e. The Morgan fingerprint density at radius 3 is 3.10 bits per heavy atom. The van der Waals surface area contributed by atoms with Crippen LogP contribution in [0, 0.1) is 11.3 Å². The summed E-state index contributed by atoms with van der Waals surface area (Å²) in [5.41, 5.74) is 2.10. The summed E-state index contributed by atoms with van der Waals surface area (Å²) in [5.74, 6) is 0.834. The third-order valence-electron chi connectivity index (χ3n) is 3.24. The number of hydrogen-bond acceptors (Lipinski definition) is 0. The molecule has 0 nitrogen and oxygen atoms in total. The van der Waals surface area contributed by atoms with Gasteiger partial charge in [-0.2, -0.15) is 0 Å². The fraction of sp³-hybridized carbons (Fsp3) is 0.600. The normalized spacial score (nSPS) is 43.8. The Kier molecular flexibility index (Phi) is 1.08. The van der Waals surface area contributed by atoms with Crippen LogP contribution in [0.25, 0.3) is 0 Å². The van der Waals surface area contributed by atoms with E-state index in [9.17, 15) is 0 Å². The van der Waals surface area contributed by atoms with Gasteiger partial charge in [0.15, 0.2) is 0 Å². The first-order valence-corrected chi connectivity index (χ1v) is 4.11. The van der Waals surface area contributed by atoms with Crippen molar-refractivity contribution in [2.75, 3.05) is 0 Å². The molecule has 54 valence electrons. The molecule has 0 radical (unpaired) electrons. The molecule has 2 aliphatic carbocycles. The second-order valence-corrected chi connectivity index (χ2v) is 3.76. The molecule has 0 aromatic carbocycles. The van der Waals surface area contributed by atoms with Crippen LogP contribution in [0.3, 0.4) is 0 Å². The van der Waals surface area contributed by atoms with Crippen molar-refractivity contribution in [1.29, 1.82) is 0 Å². The van der Waals surface area contributed by atoms with Crippen molar-refractivity contribution in [2.24, 2.45) is 11.3 Å². The topological polar surface area (TPSA) is 0 Å². The highest BCUT2D eigenvalue weighted by atomic mass is 14.4. The van der Waals surface area contributed by atoms with E-state index in [4.69, 9.17) is 0 Å². The lowest BCUT2D eigenvalue weighted by molar-refractivity contribution is 0.372. The van der Waals surface area contributed by atoms with Gasteiger partial charge in [0.1, 0.15) is 0 Å². The Balaban J connectivity index is 2.40. The number of rotatable bonds is 0. The molecule has 0 amide bonds. The molecule has 0 saturated heterocycles. The molecular formula is C10H14. The van der Waals surface area contributed by atoms with E-state index in [1.165, 1.54) is 12.8 Å². The zero-order chi connectivity index (χ0) is 7.19. The zero-order valence-corrected chi connectivity index (χ0v) is 6.72. The summed E-state index contributed by atoms with van der Waals surface area (Å²) in [6.07, 6.45) is 9.61. The van der Waals surface area contributed by atoms with Crippen LogP contribution in [0.2, 0.25) is 0 Å². The fourth-order valence-corrected chi connectivity index (χ4v) is 2.11. The molecule has 0 heterocycles. The molecule has 0 unspecified atom stereocenters. The molecule has 0 aliphatic heterocycles. The van der Waals surface area contributed by atoms with Crippen molar-refractivity contribution in [2.45, 2.75) is 26.7 Å². The van der Waals surface area contributed by atoms with Gasteiger partial charge < -0.3 is 0 Å². The Labute approximate surface area is 62.6 Å². The van der Waals surface area contributed by atoms with Gasteiger partial charge in [-0.25, -0.2) is 0 Å². The van der Waals surface area contributed by atoms with Gasteiger partial charge >= 0.3 is 0 Å². The summed E-state index contributed by atoms with van der Waals surface area (Å²) in [7, 11) is 0. The number of hydrogen-bond donors (Lipinski definition) is 0. The minimum atomic E-state index is 0.444. The lowest BCUT2D eigenvalue weighted by Gasteiger charge is -2.25. The van der Waals surface area contributed by atoms with Gasteiger partial charge in [-0.05, 0) is 18.8 Å². The van der Waals surface area contributed by atoms with Crippen LogP contribution in [-0.4, -0.2) is 0 Å². The fourth-order valence-electron chi connectivity index (χ4n) is 2.11. The molecule has 10 heavy (non-hydrogen) atoms. The van der Waals surface area contributed by atoms with Crippen molar-refractivity contribution in [3.63, 3.8) is 0 Å². The van der Waals surface area contributed by atoms with Gasteiger partial charge in [0.2, 0.25) is 0 Å². The zero-order valence-electron chi connectivity index (χ0n) is 6.72. The predicted octanol–water partition coefficient (Wildman–Crippen LogP) is 2.92. The van der Waals surface area contributed by atoms with E-state index < -0.39 is 0 Å². The van der Waals surface area contributed by atoms with Gasteiger partial charge in [-0.15, -0.1) is 0 Å². The quantitative estimate of drug-likeness (QED) is 0.447. The van der Waals surface area contributed by atoms with E-state index in [-0.39, 0.29) is 0 Å². The Hall–Kier alpha value is -0.520. The van der Waals surface area contributed by atoms with Crippen LogP contribution in [0.5, 0.6) is 0 Å². The summed E-state index contributed by atoms with van der Waals surface area (Å²) in [5, 5.41) is 0. The highest BCUT2D eigenvalue weighted by Crippen LogP contribution is 2.49. The second-order valence-electron chi connectivity index (χ2n) is 3.76. The monoisotopic (exact) mass is 134 g/mol. The lowest BCUT2D eigenvalue weighted by atomic mass is 9.79. The first kappa shape index (κ1) is 6.21. The maximum Gasteiger partial charge on any atom is 0.00942 e. The van der Waals surface area contributed by atoms with Crippen LogP contribution in [-0.2, 0) is 0 Å². The first-order chi connectivity index (χ1) is 4.73. The van der Waals surface area contributed by atoms with Gasteiger partial charge in [0.25, 0.3) is 0 Å². The smallest absolute Gasteiger partial charge is 0.00942 e.